The number of furan rings is 1. The van der Waals surface area contributed by atoms with E-state index in [9.17, 15) is 5.11 Å². The van der Waals surface area contributed by atoms with Crippen LogP contribution >= 0.6 is 11.6 Å². The molecule has 1 atom stereocenters. The number of alkyl halides is 1. The summed E-state index contributed by atoms with van der Waals surface area (Å²) in [4.78, 5) is 0. The first-order valence-corrected chi connectivity index (χ1v) is 4.99. The lowest BCUT2D eigenvalue weighted by Crippen LogP contribution is -1.97. The van der Waals surface area contributed by atoms with Crippen LogP contribution in [0.4, 0.5) is 0 Å². The van der Waals surface area contributed by atoms with Crippen LogP contribution in [-0.2, 0) is 0 Å². The van der Waals surface area contributed by atoms with Gasteiger partial charge in [-0.25, -0.2) is 0 Å². The molecule has 2 rings (SSSR count). The number of fused-ring (bicyclic) bond motifs is 1. The van der Waals surface area contributed by atoms with Crippen LogP contribution in [0.15, 0.2) is 28.7 Å². The molecule has 0 fully saturated rings. The number of hydrogen-bond acceptors (Lipinski definition) is 2. The third-order valence-electron chi connectivity index (χ3n) is 2.33. The van der Waals surface area contributed by atoms with Crippen molar-refractivity contribution >= 4 is 22.6 Å². The first kappa shape index (κ1) is 9.56. The Balaban J connectivity index is 2.62. The first-order valence-electron chi connectivity index (χ1n) is 4.46. The molecule has 14 heavy (non-hydrogen) atoms. The van der Waals surface area contributed by atoms with E-state index in [0.717, 1.165) is 16.5 Å². The summed E-state index contributed by atoms with van der Waals surface area (Å²) in [7, 11) is 0. The van der Waals surface area contributed by atoms with Crippen LogP contribution in [0.3, 0.4) is 0 Å². The van der Waals surface area contributed by atoms with Gasteiger partial charge in [0.2, 0.25) is 0 Å². The second kappa shape index (κ2) is 3.64. The highest BCUT2D eigenvalue weighted by atomic mass is 35.5. The molecule has 2 nitrogen and oxygen atoms in total. The van der Waals surface area contributed by atoms with E-state index in [2.05, 4.69) is 0 Å². The van der Waals surface area contributed by atoms with Crippen molar-refractivity contribution in [3.63, 3.8) is 0 Å². The number of aliphatic hydroxyl groups excluding tert-OH is 1. The molecule has 74 valence electrons. The van der Waals surface area contributed by atoms with Crippen LogP contribution in [0.25, 0.3) is 11.0 Å². The van der Waals surface area contributed by atoms with E-state index in [0.29, 0.717) is 5.76 Å². The van der Waals surface area contributed by atoms with E-state index in [4.69, 9.17) is 16.0 Å². The number of para-hydroxylation sites is 1. The predicted molar refractivity (Wildman–Crippen MR) is 56.6 cm³/mol. The minimum atomic E-state index is -0.718. The van der Waals surface area contributed by atoms with Gasteiger partial charge in [0.05, 0.1) is 5.88 Å². The molecule has 1 aromatic carbocycles. The zero-order valence-corrected chi connectivity index (χ0v) is 8.58. The molecule has 0 aliphatic rings. The Morgan fingerprint density at radius 3 is 2.79 bits per heavy atom. The Kier molecular flexibility index (Phi) is 2.48. The second-order valence-electron chi connectivity index (χ2n) is 3.26. The lowest BCUT2D eigenvalue weighted by molar-refractivity contribution is 0.174. The Bertz CT molecular complexity index is 447. The quantitative estimate of drug-likeness (QED) is 0.773. The van der Waals surface area contributed by atoms with Crippen LogP contribution < -0.4 is 0 Å². The number of rotatable bonds is 2. The molecular formula is C11H11ClO2. The molecule has 1 aromatic heterocycles. The fourth-order valence-corrected chi connectivity index (χ4v) is 1.72. The molecule has 0 saturated heterocycles. The molecule has 0 aliphatic carbocycles. The van der Waals surface area contributed by atoms with Crippen LogP contribution in [0.1, 0.15) is 17.4 Å². The van der Waals surface area contributed by atoms with Gasteiger partial charge in [0.25, 0.3) is 0 Å². The molecule has 0 spiro atoms. The van der Waals surface area contributed by atoms with E-state index >= 15 is 0 Å². The van der Waals surface area contributed by atoms with Gasteiger partial charge in [-0.1, -0.05) is 18.2 Å². The molecular weight excluding hydrogens is 200 g/mol. The van der Waals surface area contributed by atoms with Crippen molar-refractivity contribution in [3.8, 4) is 0 Å². The maximum absolute atomic E-state index is 9.59. The Morgan fingerprint density at radius 2 is 2.14 bits per heavy atom. The van der Waals surface area contributed by atoms with Gasteiger partial charge in [-0.15, -0.1) is 11.6 Å². The minimum Gasteiger partial charge on any atom is -0.458 e. The summed E-state index contributed by atoms with van der Waals surface area (Å²) in [5.74, 6) is 0.724. The molecule has 0 radical (unpaired) electrons. The fourth-order valence-electron chi connectivity index (χ4n) is 1.58. The highest BCUT2D eigenvalue weighted by Gasteiger charge is 2.16. The number of benzene rings is 1. The second-order valence-corrected chi connectivity index (χ2v) is 3.57. The zero-order valence-electron chi connectivity index (χ0n) is 7.83. The van der Waals surface area contributed by atoms with Crippen LogP contribution in [0.2, 0.25) is 0 Å². The summed E-state index contributed by atoms with van der Waals surface area (Å²) >= 11 is 5.58. The third kappa shape index (κ3) is 1.41. The molecule has 2 aromatic rings. The van der Waals surface area contributed by atoms with E-state index < -0.39 is 6.10 Å². The van der Waals surface area contributed by atoms with Gasteiger partial charge in [-0.3, -0.25) is 0 Å². The Hall–Kier alpha value is -0.990. The van der Waals surface area contributed by atoms with E-state index in [-0.39, 0.29) is 5.88 Å². The van der Waals surface area contributed by atoms with Crippen LogP contribution in [-0.4, -0.2) is 11.0 Å². The normalized spacial score (nSPS) is 13.4. The first-order chi connectivity index (χ1) is 6.74. The van der Waals surface area contributed by atoms with Crippen molar-refractivity contribution in [2.24, 2.45) is 0 Å². The maximum atomic E-state index is 9.59. The molecule has 0 saturated carbocycles. The smallest absolute Gasteiger partial charge is 0.137 e. The molecule has 3 heteroatoms. The third-order valence-corrected chi connectivity index (χ3v) is 2.62. The summed E-state index contributed by atoms with van der Waals surface area (Å²) in [6.07, 6.45) is -0.718. The summed E-state index contributed by atoms with van der Waals surface area (Å²) in [5, 5.41) is 10.6. The van der Waals surface area contributed by atoms with Crippen molar-refractivity contribution in [2.75, 3.05) is 5.88 Å². The monoisotopic (exact) mass is 210 g/mol. The zero-order chi connectivity index (χ0) is 10.1. The maximum Gasteiger partial charge on any atom is 0.137 e. The van der Waals surface area contributed by atoms with Crippen molar-refractivity contribution < 1.29 is 9.52 Å². The highest BCUT2D eigenvalue weighted by Crippen LogP contribution is 2.29. The average Bonchev–Trinajstić information content (AvgIpc) is 2.56. The van der Waals surface area contributed by atoms with E-state index in [1.165, 1.54) is 0 Å². The molecule has 0 aliphatic heterocycles. The SMILES string of the molecule is Cc1c([C@@H](O)CCl)oc2ccccc12. The van der Waals surface area contributed by atoms with Gasteiger partial charge in [0.1, 0.15) is 17.4 Å². The topological polar surface area (TPSA) is 33.4 Å². The minimum absolute atomic E-state index is 0.153. The number of hydrogen-bond donors (Lipinski definition) is 1. The lowest BCUT2D eigenvalue weighted by atomic mass is 10.1. The van der Waals surface area contributed by atoms with E-state index in [1.54, 1.807) is 0 Å². The Labute approximate surface area is 87.1 Å². The van der Waals surface area contributed by atoms with Gasteiger partial charge >= 0.3 is 0 Å². The molecule has 0 unspecified atom stereocenters. The largest absolute Gasteiger partial charge is 0.458 e. The number of halogens is 1. The van der Waals surface area contributed by atoms with Crippen molar-refractivity contribution in [1.29, 1.82) is 0 Å². The predicted octanol–water partition coefficient (Wildman–Crippen LogP) is 3.01. The van der Waals surface area contributed by atoms with Crippen molar-refractivity contribution in [1.82, 2.24) is 0 Å². The highest BCUT2D eigenvalue weighted by molar-refractivity contribution is 6.18. The van der Waals surface area contributed by atoms with E-state index in [1.807, 2.05) is 31.2 Å². The van der Waals surface area contributed by atoms with Crippen LogP contribution in [0.5, 0.6) is 0 Å². The molecule has 0 amide bonds. The Morgan fingerprint density at radius 1 is 1.43 bits per heavy atom. The van der Waals surface area contributed by atoms with Gasteiger partial charge < -0.3 is 9.52 Å². The fraction of sp³-hybridized carbons (Fsp3) is 0.273. The number of aryl methyl sites for hydroxylation is 1. The number of aliphatic hydroxyl groups is 1. The standard InChI is InChI=1S/C11H11ClO2/c1-7-8-4-2-3-5-10(8)14-11(7)9(13)6-12/h2-5,9,13H,6H2,1H3/t9-/m0/s1. The van der Waals surface area contributed by atoms with Crippen molar-refractivity contribution in [2.45, 2.75) is 13.0 Å². The van der Waals surface area contributed by atoms with Gasteiger partial charge in [-0.2, -0.15) is 0 Å². The van der Waals surface area contributed by atoms with Crippen LogP contribution in [0, 0.1) is 6.92 Å². The van der Waals surface area contributed by atoms with Gasteiger partial charge in [-0.05, 0) is 13.0 Å². The van der Waals surface area contributed by atoms with Crippen molar-refractivity contribution in [3.05, 3.63) is 35.6 Å². The van der Waals surface area contributed by atoms with Gasteiger partial charge in [0.15, 0.2) is 0 Å². The average molecular weight is 211 g/mol. The van der Waals surface area contributed by atoms with Gasteiger partial charge in [0, 0.05) is 10.9 Å². The summed E-state index contributed by atoms with van der Waals surface area (Å²) in [5.41, 5.74) is 1.76. The summed E-state index contributed by atoms with van der Waals surface area (Å²) < 4.78 is 5.52. The molecule has 0 bridgehead atoms. The lowest BCUT2D eigenvalue weighted by Gasteiger charge is -2.02. The molecule has 1 heterocycles. The summed E-state index contributed by atoms with van der Waals surface area (Å²) in [6, 6.07) is 7.70. The summed E-state index contributed by atoms with van der Waals surface area (Å²) in [6.45, 7) is 1.93. The molecule has 1 N–H and O–H groups in total.